The van der Waals surface area contributed by atoms with Gasteiger partial charge in [-0.15, -0.1) is 0 Å². The Labute approximate surface area is 283 Å². The van der Waals surface area contributed by atoms with Crippen LogP contribution in [0.3, 0.4) is 0 Å². The molecule has 0 unspecified atom stereocenters. The molecular formula is C37H51ClN4O5. The SMILES string of the molecule is CCCCCCCCC[C@@H](CC(N)=O)N(CCC)C(=O)[C@H](CCCC(=O)O)NC(=O)c1cn(Cc2ccccc2Cl)c2ccccc12. The number of carboxylic acid groups (broad SMARTS) is 1. The zero-order valence-electron chi connectivity index (χ0n) is 27.9. The first-order chi connectivity index (χ1) is 22.7. The van der Waals surface area contributed by atoms with E-state index >= 15 is 0 Å². The summed E-state index contributed by atoms with van der Waals surface area (Å²) in [7, 11) is 0. The van der Waals surface area contributed by atoms with Gasteiger partial charge in [-0.2, -0.15) is 0 Å². The highest BCUT2D eigenvalue weighted by Gasteiger charge is 2.32. The Morgan fingerprint density at radius 3 is 2.26 bits per heavy atom. The van der Waals surface area contributed by atoms with Crippen LogP contribution in [0.25, 0.3) is 10.9 Å². The van der Waals surface area contributed by atoms with Gasteiger partial charge in [0.1, 0.15) is 6.04 Å². The number of halogens is 1. The molecule has 1 heterocycles. The number of para-hydroxylation sites is 1. The van der Waals surface area contributed by atoms with Crippen molar-refractivity contribution in [3.8, 4) is 0 Å². The van der Waals surface area contributed by atoms with Crippen molar-refractivity contribution < 1.29 is 24.3 Å². The number of nitrogens with zero attached hydrogens (tertiary/aromatic N) is 2. The number of benzene rings is 2. The summed E-state index contributed by atoms with van der Waals surface area (Å²) in [6.07, 6.45) is 11.1. The van der Waals surface area contributed by atoms with Crippen molar-refractivity contribution in [2.45, 2.75) is 116 Å². The van der Waals surface area contributed by atoms with E-state index in [1.807, 2.05) is 60.0 Å². The Morgan fingerprint density at radius 1 is 0.894 bits per heavy atom. The second kappa shape index (κ2) is 19.7. The Hall–Kier alpha value is -3.85. The summed E-state index contributed by atoms with van der Waals surface area (Å²) in [5.74, 6) is -2.20. The number of carbonyl (C=O) groups is 4. The first-order valence-electron chi connectivity index (χ1n) is 17.1. The number of fused-ring (bicyclic) bond motifs is 1. The van der Waals surface area contributed by atoms with Gasteiger partial charge in [0.15, 0.2) is 0 Å². The van der Waals surface area contributed by atoms with Crippen LogP contribution in [-0.2, 0) is 20.9 Å². The lowest BCUT2D eigenvalue weighted by Crippen LogP contribution is -2.53. The Morgan fingerprint density at radius 2 is 1.57 bits per heavy atom. The minimum absolute atomic E-state index is 0.0346. The van der Waals surface area contributed by atoms with E-state index in [4.69, 9.17) is 17.3 Å². The van der Waals surface area contributed by atoms with Gasteiger partial charge < -0.3 is 25.6 Å². The number of nitrogens with one attached hydrogen (secondary N) is 1. The predicted molar refractivity (Wildman–Crippen MR) is 187 cm³/mol. The summed E-state index contributed by atoms with van der Waals surface area (Å²) in [5, 5.41) is 13.6. The molecule has 0 radical (unpaired) electrons. The Bertz CT molecular complexity index is 1470. The topological polar surface area (TPSA) is 135 Å². The van der Waals surface area contributed by atoms with Crippen LogP contribution in [0.2, 0.25) is 5.02 Å². The molecule has 9 nitrogen and oxygen atoms in total. The number of carbonyl (C=O) groups excluding carboxylic acids is 3. The number of hydrogen-bond donors (Lipinski definition) is 3. The van der Waals surface area contributed by atoms with E-state index in [1.165, 1.54) is 25.7 Å². The lowest BCUT2D eigenvalue weighted by Gasteiger charge is -2.34. The van der Waals surface area contributed by atoms with Crippen molar-refractivity contribution in [1.82, 2.24) is 14.8 Å². The molecule has 0 aliphatic carbocycles. The number of aromatic nitrogens is 1. The van der Waals surface area contributed by atoms with Gasteiger partial charge in [0, 0.05) is 54.1 Å². The van der Waals surface area contributed by atoms with Gasteiger partial charge in [-0.3, -0.25) is 19.2 Å². The Balaban J connectivity index is 1.86. The average molecular weight is 667 g/mol. The summed E-state index contributed by atoms with van der Waals surface area (Å²) in [5.41, 5.74) is 7.81. The second-order valence-corrected chi connectivity index (χ2v) is 12.8. The number of nitrogens with two attached hydrogens (primary N) is 1. The van der Waals surface area contributed by atoms with Gasteiger partial charge in [0.25, 0.3) is 5.91 Å². The molecule has 0 saturated heterocycles. The van der Waals surface area contributed by atoms with Crippen LogP contribution in [0.5, 0.6) is 0 Å². The maximum atomic E-state index is 14.2. The van der Waals surface area contributed by atoms with Crippen LogP contribution in [-0.4, -0.2) is 56.9 Å². The highest BCUT2D eigenvalue weighted by atomic mass is 35.5. The highest BCUT2D eigenvalue weighted by molar-refractivity contribution is 6.31. The summed E-state index contributed by atoms with van der Waals surface area (Å²) < 4.78 is 1.96. The summed E-state index contributed by atoms with van der Waals surface area (Å²) in [4.78, 5) is 53.4. The van der Waals surface area contributed by atoms with Crippen molar-refractivity contribution >= 4 is 46.2 Å². The normalized spacial score (nSPS) is 12.5. The quantitative estimate of drug-likeness (QED) is 0.0966. The average Bonchev–Trinajstić information content (AvgIpc) is 3.41. The number of amides is 3. The van der Waals surface area contributed by atoms with Crippen LogP contribution in [0, 0.1) is 0 Å². The molecule has 0 fully saturated rings. The minimum atomic E-state index is -0.971. The molecule has 3 amide bonds. The lowest BCUT2D eigenvalue weighted by atomic mass is 9.99. The van der Waals surface area contributed by atoms with Crippen LogP contribution < -0.4 is 11.1 Å². The van der Waals surface area contributed by atoms with E-state index in [0.717, 1.165) is 35.7 Å². The third-order valence-electron chi connectivity index (χ3n) is 8.58. The van der Waals surface area contributed by atoms with Crippen molar-refractivity contribution in [3.05, 3.63) is 70.9 Å². The van der Waals surface area contributed by atoms with Crippen LogP contribution in [0.4, 0.5) is 0 Å². The number of aliphatic carboxylic acids is 1. The third kappa shape index (κ3) is 11.7. The van der Waals surface area contributed by atoms with E-state index in [2.05, 4.69) is 12.2 Å². The van der Waals surface area contributed by atoms with Crippen molar-refractivity contribution in [1.29, 1.82) is 0 Å². The molecule has 2 aromatic carbocycles. The largest absolute Gasteiger partial charge is 0.481 e. The van der Waals surface area contributed by atoms with E-state index in [1.54, 1.807) is 11.1 Å². The minimum Gasteiger partial charge on any atom is -0.481 e. The fraction of sp³-hybridized carbons (Fsp3) is 0.514. The highest BCUT2D eigenvalue weighted by Crippen LogP contribution is 2.25. The molecule has 0 bridgehead atoms. The number of hydrogen-bond acceptors (Lipinski definition) is 4. The van der Waals surface area contributed by atoms with Crippen molar-refractivity contribution in [2.75, 3.05) is 6.54 Å². The number of primary amides is 1. The molecule has 3 rings (SSSR count). The van der Waals surface area contributed by atoms with Gasteiger partial charge in [-0.05, 0) is 43.4 Å². The monoisotopic (exact) mass is 666 g/mol. The van der Waals surface area contributed by atoms with Gasteiger partial charge in [-0.1, -0.05) is 107 Å². The molecule has 0 spiro atoms. The van der Waals surface area contributed by atoms with Gasteiger partial charge in [0.05, 0.1) is 5.56 Å². The van der Waals surface area contributed by atoms with Crippen molar-refractivity contribution in [2.24, 2.45) is 5.73 Å². The van der Waals surface area contributed by atoms with E-state index in [-0.39, 0.29) is 31.6 Å². The molecule has 0 aliphatic heterocycles. The number of rotatable bonds is 22. The Kier molecular flexibility index (Phi) is 15.8. The molecular weight excluding hydrogens is 616 g/mol. The summed E-state index contributed by atoms with van der Waals surface area (Å²) >= 11 is 6.44. The number of carboxylic acids is 1. The lowest BCUT2D eigenvalue weighted by molar-refractivity contribution is -0.139. The molecule has 4 N–H and O–H groups in total. The second-order valence-electron chi connectivity index (χ2n) is 12.4. The molecule has 3 aromatic rings. The molecule has 0 saturated carbocycles. The van der Waals surface area contributed by atoms with Crippen LogP contribution in [0.15, 0.2) is 54.7 Å². The third-order valence-corrected chi connectivity index (χ3v) is 8.95. The van der Waals surface area contributed by atoms with E-state index < -0.39 is 29.9 Å². The fourth-order valence-electron chi connectivity index (χ4n) is 6.17. The van der Waals surface area contributed by atoms with Crippen LogP contribution in [0.1, 0.15) is 113 Å². The summed E-state index contributed by atoms with van der Waals surface area (Å²) in [6, 6.07) is 13.7. The zero-order chi connectivity index (χ0) is 34.2. The number of unbranched alkanes of at least 4 members (excludes halogenated alkanes) is 6. The van der Waals surface area contributed by atoms with Crippen LogP contribution >= 0.6 is 11.6 Å². The fourth-order valence-corrected chi connectivity index (χ4v) is 6.37. The van der Waals surface area contributed by atoms with Crippen molar-refractivity contribution in [3.63, 3.8) is 0 Å². The zero-order valence-corrected chi connectivity index (χ0v) is 28.6. The molecule has 2 atom stereocenters. The van der Waals surface area contributed by atoms with E-state index in [9.17, 15) is 24.3 Å². The molecule has 0 aliphatic rings. The molecule has 256 valence electrons. The predicted octanol–water partition coefficient (Wildman–Crippen LogP) is 7.32. The van der Waals surface area contributed by atoms with Gasteiger partial charge in [0.2, 0.25) is 11.8 Å². The van der Waals surface area contributed by atoms with E-state index in [0.29, 0.717) is 36.5 Å². The maximum absolute atomic E-state index is 14.2. The molecule has 1 aromatic heterocycles. The van der Waals surface area contributed by atoms with Gasteiger partial charge >= 0.3 is 5.97 Å². The van der Waals surface area contributed by atoms with Gasteiger partial charge in [-0.25, -0.2) is 0 Å². The molecule has 47 heavy (non-hydrogen) atoms. The maximum Gasteiger partial charge on any atom is 0.303 e. The smallest absolute Gasteiger partial charge is 0.303 e. The first kappa shape index (κ1) is 37.6. The standard InChI is InChI=1S/C37H51ClN4O5/c1-3-5-6-7-8-9-10-17-28(24-34(39)43)42(23-4-2)37(47)32(20-15-22-35(44)45)40-36(46)30-26-41(33-21-14-12-18-29(30)33)25-27-16-11-13-19-31(27)38/h11-14,16,18-19,21,26,28,32H,3-10,15,17,20,22-25H2,1-2H3,(H2,39,43)(H,40,46)(H,44,45)/t28-,32-/m0/s1. The first-order valence-corrected chi connectivity index (χ1v) is 17.5. The summed E-state index contributed by atoms with van der Waals surface area (Å²) in [6.45, 7) is 4.99. The molecule has 10 heteroatoms.